The van der Waals surface area contributed by atoms with Crippen molar-refractivity contribution in [1.29, 1.82) is 0 Å². The van der Waals surface area contributed by atoms with Crippen LogP contribution in [-0.4, -0.2) is 60.9 Å². The maximum Gasteiger partial charge on any atom is 0.342 e. The third-order valence-electron chi connectivity index (χ3n) is 5.01. The molecule has 1 amide bonds. The molecular weight excluding hydrogens is 437 g/mol. The van der Waals surface area contributed by atoms with Gasteiger partial charge in [-0.2, -0.15) is 0 Å². The summed E-state index contributed by atoms with van der Waals surface area (Å²) in [6.45, 7) is 3.68. The molecule has 1 aromatic heterocycles. The van der Waals surface area contributed by atoms with E-state index in [0.717, 1.165) is 0 Å². The number of esters is 1. The number of rotatable bonds is 8. The van der Waals surface area contributed by atoms with Gasteiger partial charge in [0.05, 0.1) is 17.2 Å². The maximum atomic E-state index is 14.0. The van der Waals surface area contributed by atoms with Crippen molar-refractivity contribution < 1.29 is 27.1 Å². The summed E-state index contributed by atoms with van der Waals surface area (Å²) in [6, 6.07) is 8.51. The summed E-state index contributed by atoms with van der Waals surface area (Å²) in [5, 5.41) is 2.76. The average molecular weight is 464 g/mol. The number of anilines is 2. The molecule has 1 aliphatic rings. The van der Waals surface area contributed by atoms with Crippen molar-refractivity contribution in [2.45, 2.75) is 26.3 Å². The first kappa shape index (κ1) is 23.6. The van der Waals surface area contributed by atoms with Crippen LogP contribution >= 0.6 is 0 Å². The Kier molecular flexibility index (Phi) is 7.44. The summed E-state index contributed by atoms with van der Waals surface area (Å²) >= 11 is 0. The highest BCUT2D eigenvalue weighted by Crippen LogP contribution is 2.22. The average Bonchev–Trinajstić information content (AvgIpc) is 3.11. The molecular formula is C22H26FN3O5S. The number of para-hydroxylation sites is 1. The summed E-state index contributed by atoms with van der Waals surface area (Å²) in [4.78, 5) is 31.0. The van der Waals surface area contributed by atoms with Gasteiger partial charge in [-0.1, -0.05) is 26.0 Å². The van der Waals surface area contributed by atoms with Crippen LogP contribution in [0.5, 0.6) is 0 Å². The molecule has 0 bridgehead atoms. The molecule has 1 aliphatic heterocycles. The summed E-state index contributed by atoms with van der Waals surface area (Å²) in [5.41, 5.74) is 0.185. The third kappa shape index (κ3) is 6.03. The number of carbonyl (C=O) groups is 2. The van der Waals surface area contributed by atoms with Crippen LogP contribution in [0, 0.1) is 11.7 Å². The lowest BCUT2D eigenvalue weighted by atomic mass is 10.1. The van der Waals surface area contributed by atoms with E-state index < -0.39 is 40.2 Å². The van der Waals surface area contributed by atoms with Gasteiger partial charge in [0.15, 0.2) is 16.4 Å². The standard InChI is InChI=1S/C22H26FN3O5S/c1-15(2)12-26(16-9-11-32(29,30)14-16)20(27)13-31-22(28)17-6-5-10-24-21(17)25-19-8-4-3-7-18(19)23/h3-8,10,15-16H,9,11-14H2,1-2H3,(H,24,25)/t16-/m0/s1. The maximum absolute atomic E-state index is 14.0. The topological polar surface area (TPSA) is 106 Å². The van der Waals surface area contributed by atoms with Crippen LogP contribution in [-0.2, 0) is 19.4 Å². The second-order valence-electron chi connectivity index (χ2n) is 8.08. The Bertz CT molecular complexity index is 1090. The number of amides is 1. The molecule has 1 atom stereocenters. The van der Waals surface area contributed by atoms with Gasteiger partial charge in [-0.05, 0) is 36.6 Å². The van der Waals surface area contributed by atoms with E-state index in [-0.39, 0.29) is 34.5 Å². The van der Waals surface area contributed by atoms with Crippen molar-refractivity contribution >= 4 is 33.2 Å². The number of pyridine rings is 1. The van der Waals surface area contributed by atoms with Crippen molar-refractivity contribution in [2.24, 2.45) is 5.92 Å². The van der Waals surface area contributed by atoms with Gasteiger partial charge in [0.1, 0.15) is 17.2 Å². The summed E-state index contributed by atoms with van der Waals surface area (Å²) in [6.07, 6.45) is 1.81. The number of sulfone groups is 1. The van der Waals surface area contributed by atoms with Crippen LogP contribution in [0.4, 0.5) is 15.9 Å². The SMILES string of the molecule is CC(C)CN(C(=O)COC(=O)c1cccnc1Nc1ccccc1F)[C@H]1CCS(=O)(=O)C1. The van der Waals surface area contributed by atoms with Crippen LogP contribution in [0.1, 0.15) is 30.6 Å². The van der Waals surface area contributed by atoms with E-state index in [1.807, 2.05) is 13.8 Å². The largest absolute Gasteiger partial charge is 0.452 e. The Morgan fingerprint density at radius 3 is 2.66 bits per heavy atom. The number of carbonyl (C=O) groups excluding carboxylic acids is 2. The fourth-order valence-electron chi connectivity index (χ4n) is 3.52. The monoisotopic (exact) mass is 463 g/mol. The highest BCUT2D eigenvalue weighted by atomic mass is 32.2. The fourth-order valence-corrected chi connectivity index (χ4v) is 5.25. The number of nitrogens with one attached hydrogen (secondary N) is 1. The Hall–Kier alpha value is -3.01. The minimum atomic E-state index is -3.17. The Balaban J connectivity index is 1.69. The highest BCUT2D eigenvalue weighted by Gasteiger charge is 2.35. The molecule has 2 heterocycles. The molecule has 1 saturated heterocycles. The number of nitrogens with zero attached hydrogens (tertiary/aromatic N) is 2. The summed E-state index contributed by atoms with van der Waals surface area (Å²) in [7, 11) is -3.17. The van der Waals surface area contributed by atoms with Crippen molar-refractivity contribution in [1.82, 2.24) is 9.88 Å². The van der Waals surface area contributed by atoms with E-state index in [4.69, 9.17) is 4.74 Å². The van der Waals surface area contributed by atoms with Gasteiger partial charge in [0.2, 0.25) is 0 Å². The minimum Gasteiger partial charge on any atom is -0.452 e. The minimum absolute atomic E-state index is 0.0418. The normalized spacial score (nSPS) is 17.2. The second kappa shape index (κ2) is 10.1. The molecule has 0 saturated carbocycles. The van der Waals surface area contributed by atoms with Gasteiger partial charge in [-0.15, -0.1) is 0 Å². The zero-order valence-electron chi connectivity index (χ0n) is 18.0. The third-order valence-corrected chi connectivity index (χ3v) is 6.76. The molecule has 2 aromatic rings. The zero-order chi connectivity index (χ0) is 23.3. The van der Waals surface area contributed by atoms with Crippen LogP contribution < -0.4 is 5.32 Å². The fraction of sp³-hybridized carbons (Fsp3) is 0.409. The molecule has 8 nitrogen and oxygen atoms in total. The van der Waals surface area contributed by atoms with Gasteiger partial charge in [-0.3, -0.25) is 4.79 Å². The molecule has 0 radical (unpaired) electrons. The lowest BCUT2D eigenvalue weighted by Gasteiger charge is -2.29. The molecule has 172 valence electrons. The van der Waals surface area contributed by atoms with Crippen molar-refractivity contribution in [3.8, 4) is 0 Å². The van der Waals surface area contributed by atoms with Gasteiger partial charge >= 0.3 is 5.97 Å². The van der Waals surface area contributed by atoms with Gasteiger partial charge in [-0.25, -0.2) is 22.6 Å². The lowest BCUT2D eigenvalue weighted by molar-refractivity contribution is -0.137. The first-order chi connectivity index (χ1) is 15.2. The lowest BCUT2D eigenvalue weighted by Crippen LogP contribution is -2.45. The van der Waals surface area contributed by atoms with E-state index in [1.54, 1.807) is 6.07 Å². The van der Waals surface area contributed by atoms with Gasteiger partial charge in [0.25, 0.3) is 5.91 Å². The number of hydrogen-bond donors (Lipinski definition) is 1. The Labute approximate surface area is 186 Å². The number of benzene rings is 1. The highest BCUT2D eigenvalue weighted by molar-refractivity contribution is 7.91. The van der Waals surface area contributed by atoms with E-state index in [2.05, 4.69) is 10.3 Å². The molecule has 1 N–H and O–H groups in total. The van der Waals surface area contributed by atoms with Crippen LogP contribution in [0.25, 0.3) is 0 Å². The molecule has 1 aromatic carbocycles. The predicted octanol–water partition coefficient (Wildman–Crippen LogP) is 2.79. The molecule has 3 rings (SSSR count). The first-order valence-corrected chi connectivity index (χ1v) is 12.1. The van der Waals surface area contributed by atoms with Gasteiger partial charge in [0, 0.05) is 18.8 Å². The molecule has 0 aliphatic carbocycles. The number of halogens is 1. The molecule has 10 heteroatoms. The second-order valence-corrected chi connectivity index (χ2v) is 10.3. The van der Waals surface area contributed by atoms with Crippen molar-refractivity contribution in [2.75, 3.05) is 30.0 Å². The zero-order valence-corrected chi connectivity index (χ0v) is 18.8. The molecule has 32 heavy (non-hydrogen) atoms. The number of hydrogen-bond acceptors (Lipinski definition) is 7. The smallest absolute Gasteiger partial charge is 0.342 e. The van der Waals surface area contributed by atoms with E-state index in [9.17, 15) is 22.4 Å². The predicted molar refractivity (Wildman–Crippen MR) is 118 cm³/mol. The Morgan fingerprint density at radius 1 is 1.25 bits per heavy atom. The van der Waals surface area contributed by atoms with Crippen molar-refractivity contribution in [3.63, 3.8) is 0 Å². The summed E-state index contributed by atoms with van der Waals surface area (Å²) in [5.74, 6) is -1.60. The van der Waals surface area contributed by atoms with E-state index in [0.29, 0.717) is 13.0 Å². The Morgan fingerprint density at radius 2 is 2.00 bits per heavy atom. The van der Waals surface area contributed by atoms with Crippen LogP contribution in [0.3, 0.4) is 0 Å². The summed E-state index contributed by atoms with van der Waals surface area (Å²) < 4.78 is 42.9. The molecule has 0 spiro atoms. The number of ether oxygens (including phenoxy) is 1. The van der Waals surface area contributed by atoms with Crippen LogP contribution in [0.2, 0.25) is 0 Å². The first-order valence-electron chi connectivity index (χ1n) is 10.3. The number of aromatic nitrogens is 1. The molecule has 0 unspecified atom stereocenters. The van der Waals surface area contributed by atoms with E-state index in [1.165, 1.54) is 41.4 Å². The molecule has 1 fully saturated rings. The quantitative estimate of drug-likeness (QED) is 0.600. The van der Waals surface area contributed by atoms with Gasteiger partial charge < -0.3 is 15.0 Å². The van der Waals surface area contributed by atoms with E-state index >= 15 is 0 Å². The van der Waals surface area contributed by atoms with Crippen LogP contribution in [0.15, 0.2) is 42.6 Å². The van der Waals surface area contributed by atoms with Crippen molar-refractivity contribution in [3.05, 3.63) is 54.0 Å².